The molecule has 176 valence electrons. The first kappa shape index (κ1) is 24.3. The van der Waals surface area contributed by atoms with Crippen LogP contribution in [0.2, 0.25) is 10.0 Å². The fourth-order valence-corrected chi connectivity index (χ4v) is 4.98. The van der Waals surface area contributed by atoms with Crippen LogP contribution in [0.1, 0.15) is 54.6 Å². The van der Waals surface area contributed by atoms with Crippen molar-refractivity contribution in [2.24, 2.45) is 0 Å². The van der Waals surface area contributed by atoms with Crippen LogP contribution in [0.15, 0.2) is 66.7 Å². The van der Waals surface area contributed by atoms with E-state index in [1.807, 2.05) is 62.4 Å². The normalized spacial score (nSPS) is 17.3. The summed E-state index contributed by atoms with van der Waals surface area (Å²) in [6.07, 6.45) is 1.43. The molecule has 34 heavy (non-hydrogen) atoms. The Bertz CT molecular complexity index is 1190. The monoisotopic (exact) mass is 494 g/mol. The standard InChI is InChI=1S/C28H28Cl2N2O2/c1-4-19-6-8-20(9-7-19)27(33)32-18(3)16-25(24-17-22(30)12-15-26(24)32)28(34)31(5-2)23-13-10-21(29)11-14-23/h6-15,17-18,25H,4-5,16H2,1-3H3/t18-,25-/m0/s1. The van der Waals surface area contributed by atoms with Crippen LogP contribution in [0.3, 0.4) is 0 Å². The van der Waals surface area contributed by atoms with Gasteiger partial charge in [-0.2, -0.15) is 0 Å². The summed E-state index contributed by atoms with van der Waals surface area (Å²) in [5, 5.41) is 1.16. The third kappa shape index (κ3) is 4.70. The first-order chi connectivity index (χ1) is 16.3. The summed E-state index contributed by atoms with van der Waals surface area (Å²) in [5.41, 5.74) is 4.12. The third-order valence-electron chi connectivity index (χ3n) is 6.49. The second-order valence-corrected chi connectivity index (χ2v) is 9.50. The highest BCUT2D eigenvalue weighted by atomic mass is 35.5. The molecule has 0 radical (unpaired) electrons. The SMILES string of the molecule is CCc1ccc(C(=O)N2c3ccc(Cl)cc3[C@@H](C(=O)N(CC)c3ccc(Cl)cc3)C[C@@H]2C)cc1. The second kappa shape index (κ2) is 10.2. The smallest absolute Gasteiger partial charge is 0.258 e. The van der Waals surface area contributed by atoms with Crippen LogP contribution in [0.4, 0.5) is 11.4 Å². The van der Waals surface area contributed by atoms with Gasteiger partial charge in [0.1, 0.15) is 0 Å². The molecular weight excluding hydrogens is 467 g/mol. The van der Waals surface area contributed by atoms with Crippen LogP contribution < -0.4 is 9.80 Å². The largest absolute Gasteiger partial charge is 0.312 e. The number of nitrogens with zero attached hydrogens (tertiary/aromatic N) is 2. The maximum absolute atomic E-state index is 13.8. The predicted molar refractivity (Wildman–Crippen MR) is 140 cm³/mol. The molecule has 1 aliphatic heterocycles. The predicted octanol–water partition coefficient (Wildman–Crippen LogP) is 7.13. The molecule has 0 bridgehead atoms. The minimum absolute atomic E-state index is 0.0143. The summed E-state index contributed by atoms with van der Waals surface area (Å²) in [6, 6.07) is 20.3. The molecule has 3 aromatic rings. The highest BCUT2D eigenvalue weighted by Gasteiger charge is 2.39. The summed E-state index contributed by atoms with van der Waals surface area (Å²) >= 11 is 12.4. The van der Waals surface area contributed by atoms with E-state index >= 15 is 0 Å². The van der Waals surface area contributed by atoms with Gasteiger partial charge in [0.25, 0.3) is 5.91 Å². The molecular formula is C28H28Cl2N2O2. The number of hydrogen-bond acceptors (Lipinski definition) is 2. The van der Waals surface area contributed by atoms with Gasteiger partial charge in [0.15, 0.2) is 0 Å². The highest BCUT2D eigenvalue weighted by Crippen LogP contribution is 2.42. The average molecular weight is 495 g/mol. The maximum atomic E-state index is 13.8. The quantitative estimate of drug-likeness (QED) is 0.378. The fourth-order valence-electron chi connectivity index (χ4n) is 4.68. The van der Waals surface area contributed by atoms with Gasteiger partial charge in [-0.25, -0.2) is 0 Å². The number of carbonyl (C=O) groups is 2. The van der Waals surface area contributed by atoms with Gasteiger partial charge in [-0.05, 0) is 92.4 Å². The minimum atomic E-state index is -0.411. The zero-order valence-electron chi connectivity index (χ0n) is 19.6. The number of rotatable bonds is 5. The van der Waals surface area contributed by atoms with E-state index in [0.717, 1.165) is 23.4 Å². The Hall–Kier alpha value is -2.82. The lowest BCUT2D eigenvalue weighted by Crippen LogP contribution is -2.46. The zero-order valence-corrected chi connectivity index (χ0v) is 21.1. The first-order valence-electron chi connectivity index (χ1n) is 11.6. The molecule has 2 amide bonds. The van der Waals surface area contributed by atoms with Crippen molar-refractivity contribution in [3.63, 3.8) is 0 Å². The Morgan fingerprint density at radius 2 is 1.59 bits per heavy atom. The number of hydrogen-bond donors (Lipinski definition) is 0. The number of likely N-dealkylation sites (N-methyl/N-ethyl adjacent to an activating group) is 1. The van der Waals surface area contributed by atoms with E-state index in [2.05, 4.69) is 6.92 Å². The van der Waals surface area contributed by atoms with Gasteiger partial charge < -0.3 is 9.80 Å². The molecule has 1 heterocycles. The molecule has 0 unspecified atom stereocenters. The Morgan fingerprint density at radius 3 is 2.21 bits per heavy atom. The van der Waals surface area contributed by atoms with Gasteiger partial charge in [-0.3, -0.25) is 9.59 Å². The summed E-state index contributed by atoms with van der Waals surface area (Å²) in [7, 11) is 0. The van der Waals surface area contributed by atoms with E-state index in [-0.39, 0.29) is 17.9 Å². The molecule has 3 aromatic carbocycles. The fraction of sp³-hybridized carbons (Fsp3) is 0.286. The topological polar surface area (TPSA) is 40.6 Å². The van der Waals surface area contributed by atoms with E-state index < -0.39 is 5.92 Å². The molecule has 0 aromatic heterocycles. The Balaban J connectivity index is 1.72. The number of anilines is 2. The number of halogens is 2. The van der Waals surface area contributed by atoms with Gasteiger partial charge in [0, 0.05) is 39.6 Å². The molecule has 6 heteroatoms. The van der Waals surface area contributed by atoms with Crippen molar-refractivity contribution in [2.75, 3.05) is 16.3 Å². The number of carbonyl (C=O) groups excluding carboxylic acids is 2. The molecule has 0 saturated carbocycles. The van der Waals surface area contributed by atoms with Crippen molar-refractivity contribution in [3.8, 4) is 0 Å². The Labute approximate surface area is 211 Å². The molecule has 0 fully saturated rings. The van der Waals surface area contributed by atoms with Gasteiger partial charge >= 0.3 is 0 Å². The van der Waals surface area contributed by atoms with Gasteiger partial charge in [-0.15, -0.1) is 0 Å². The second-order valence-electron chi connectivity index (χ2n) is 8.62. The lowest BCUT2D eigenvalue weighted by atomic mass is 9.84. The first-order valence-corrected chi connectivity index (χ1v) is 12.4. The van der Waals surface area contributed by atoms with Crippen molar-refractivity contribution < 1.29 is 9.59 Å². The molecule has 0 aliphatic carbocycles. The third-order valence-corrected chi connectivity index (χ3v) is 6.98. The van der Waals surface area contributed by atoms with Crippen LogP contribution in [-0.2, 0) is 11.2 Å². The van der Waals surface area contributed by atoms with Crippen LogP contribution in [0.5, 0.6) is 0 Å². The molecule has 2 atom stereocenters. The van der Waals surface area contributed by atoms with Crippen LogP contribution in [0, 0.1) is 0 Å². The Morgan fingerprint density at radius 1 is 0.941 bits per heavy atom. The van der Waals surface area contributed by atoms with Gasteiger partial charge in [0.2, 0.25) is 5.91 Å². The summed E-state index contributed by atoms with van der Waals surface area (Å²) in [5.74, 6) is -0.500. The Kier molecular flexibility index (Phi) is 7.30. The lowest BCUT2D eigenvalue weighted by molar-refractivity contribution is -0.120. The van der Waals surface area contributed by atoms with E-state index in [4.69, 9.17) is 23.2 Å². The lowest BCUT2D eigenvalue weighted by Gasteiger charge is -2.40. The number of aryl methyl sites for hydroxylation is 1. The number of fused-ring (bicyclic) bond motifs is 1. The minimum Gasteiger partial charge on any atom is -0.312 e. The van der Waals surface area contributed by atoms with Crippen molar-refractivity contribution in [1.82, 2.24) is 0 Å². The molecule has 4 rings (SSSR count). The van der Waals surface area contributed by atoms with E-state index in [0.29, 0.717) is 28.6 Å². The van der Waals surface area contributed by atoms with E-state index in [9.17, 15) is 9.59 Å². The van der Waals surface area contributed by atoms with E-state index in [1.54, 1.807) is 28.0 Å². The maximum Gasteiger partial charge on any atom is 0.258 e. The van der Waals surface area contributed by atoms with Gasteiger partial charge in [-0.1, -0.05) is 42.3 Å². The zero-order chi connectivity index (χ0) is 24.4. The van der Waals surface area contributed by atoms with Crippen molar-refractivity contribution >= 4 is 46.4 Å². The van der Waals surface area contributed by atoms with E-state index in [1.165, 1.54) is 5.56 Å². The summed E-state index contributed by atoms with van der Waals surface area (Å²) in [6.45, 7) is 6.56. The molecule has 0 spiro atoms. The van der Waals surface area contributed by atoms with Gasteiger partial charge in [0.05, 0.1) is 5.92 Å². The van der Waals surface area contributed by atoms with Crippen molar-refractivity contribution in [2.45, 2.75) is 45.6 Å². The molecule has 0 N–H and O–H groups in total. The molecule has 4 nitrogen and oxygen atoms in total. The average Bonchev–Trinajstić information content (AvgIpc) is 2.85. The summed E-state index contributed by atoms with van der Waals surface area (Å²) in [4.78, 5) is 30.9. The van der Waals surface area contributed by atoms with Crippen LogP contribution >= 0.6 is 23.2 Å². The highest BCUT2D eigenvalue weighted by molar-refractivity contribution is 6.31. The molecule has 1 aliphatic rings. The molecule has 0 saturated heterocycles. The van der Waals surface area contributed by atoms with Crippen molar-refractivity contribution in [1.29, 1.82) is 0 Å². The number of amides is 2. The van der Waals surface area contributed by atoms with Crippen molar-refractivity contribution in [3.05, 3.63) is 93.5 Å². The number of benzene rings is 3. The van der Waals surface area contributed by atoms with Crippen LogP contribution in [0.25, 0.3) is 0 Å². The summed E-state index contributed by atoms with van der Waals surface area (Å²) < 4.78 is 0. The van der Waals surface area contributed by atoms with Crippen LogP contribution in [-0.4, -0.2) is 24.4 Å².